The van der Waals surface area contributed by atoms with Gasteiger partial charge in [-0.3, -0.25) is 14.6 Å². The lowest BCUT2D eigenvalue weighted by Gasteiger charge is -2.22. The zero-order valence-electron chi connectivity index (χ0n) is 21.0. The number of imide groups is 1. The summed E-state index contributed by atoms with van der Waals surface area (Å²) in [7, 11) is -1.26. The van der Waals surface area contributed by atoms with E-state index in [1.807, 2.05) is 31.2 Å². The van der Waals surface area contributed by atoms with E-state index in [9.17, 15) is 9.59 Å². The summed E-state index contributed by atoms with van der Waals surface area (Å²) >= 11 is 5.97. The number of ether oxygens (including phenoxy) is 1. The third kappa shape index (κ3) is 7.33. The number of aromatic nitrogens is 3. The Morgan fingerprint density at radius 3 is 2.34 bits per heavy atom. The average Bonchev–Trinajstić information content (AvgIpc) is 3.12. The van der Waals surface area contributed by atoms with Gasteiger partial charge in [-0.25, -0.2) is 9.58 Å². The molecular weight excluding hydrogens is 480 g/mol. The molecule has 0 saturated carbocycles. The molecule has 0 fully saturated rings. The smallest absolute Gasteiger partial charge is 0.235 e. The second kappa shape index (κ2) is 11.7. The van der Waals surface area contributed by atoms with Crippen molar-refractivity contribution in [3.05, 3.63) is 64.9 Å². The highest BCUT2D eigenvalue weighted by atomic mass is 35.5. The van der Waals surface area contributed by atoms with E-state index in [2.05, 4.69) is 24.6 Å². The van der Waals surface area contributed by atoms with Crippen molar-refractivity contribution in [3.63, 3.8) is 0 Å². The fraction of sp³-hybridized carbons (Fsp3) is 0.385. The number of carbonyl (C=O) groups is 2. The Morgan fingerprint density at radius 1 is 1.09 bits per heavy atom. The van der Waals surface area contributed by atoms with Gasteiger partial charge in [-0.1, -0.05) is 43.4 Å². The third-order valence-electron chi connectivity index (χ3n) is 5.64. The minimum absolute atomic E-state index is 0.153. The number of hydrogen-bond donors (Lipinski definition) is 0. The van der Waals surface area contributed by atoms with Crippen LogP contribution in [-0.4, -0.2) is 41.3 Å². The quantitative estimate of drug-likeness (QED) is 0.256. The summed E-state index contributed by atoms with van der Waals surface area (Å²) in [6, 6.07) is 12.1. The van der Waals surface area contributed by atoms with Gasteiger partial charge in [-0.15, -0.1) is 0 Å². The molecule has 0 unspecified atom stereocenters. The molecule has 0 atom stereocenters. The predicted molar refractivity (Wildman–Crippen MR) is 142 cm³/mol. The van der Waals surface area contributed by atoms with Crippen molar-refractivity contribution in [2.45, 2.75) is 59.1 Å². The Balaban J connectivity index is 1.90. The Kier molecular flexibility index (Phi) is 8.99. The van der Waals surface area contributed by atoms with Crippen LogP contribution in [0, 0.1) is 6.92 Å². The molecule has 0 saturated heterocycles. The van der Waals surface area contributed by atoms with Gasteiger partial charge in [-0.05, 0) is 49.2 Å². The summed E-state index contributed by atoms with van der Waals surface area (Å²) in [4.78, 5) is 31.4. The first-order chi connectivity index (χ1) is 16.6. The van der Waals surface area contributed by atoms with Gasteiger partial charge in [0.2, 0.25) is 11.8 Å². The highest BCUT2D eigenvalue weighted by molar-refractivity contribution is 6.76. The van der Waals surface area contributed by atoms with Crippen molar-refractivity contribution >= 4 is 37.3 Å². The molecule has 1 aromatic carbocycles. The van der Waals surface area contributed by atoms with Crippen LogP contribution in [0.15, 0.2) is 48.8 Å². The number of halogens is 1. The summed E-state index contributed by atoms with van der Waals surface area (Å²) in [5.41, 5.74) is 3.26. The number of hydrogen-bond acceptors (Lipinski definition) is 5. The van der Waals surface area contributed by atoms with Crippen LogP contribution in [0.4, 0.5) is 5.82 Å². The maximum atomic E-state index is 13.3. The van der Waals surface area contributed by atoms with E-state index in [0.29, 0.717) is 29.6 Å². The van der Waals surface area contributed by atoms with Crippen molar-refractivity contribution in [2.75, 3.05) is 11.5 Å². The van der Waals surface area contributed by atoms with Crippen LogP contribution in [-0.2, 0) is 27.5 Å². The lowest BCUT2D eigenvalue weighted by molar-refractivity contribution is -0.125. The number of amides is 2. The Bertz CT molecular complexity index is 1160. The van der Waals surface area contributed by atoms with Crippen LogP contribution < -0.4 is 4.90 Å². The standard InChI is InChI=1S/C26H33ClN4O3Si/c1-19-25(22-12-14-28-15-13-22)29-30(18-34-16-17-35(3,4)5)26(19)31(20(2)32)24(33)11-8-21-6-9-23(27)10-7-21/h6-7,9-10,12-15H,8,11,16-18H2,1-5H3. The summed E-state index contributed by atoms with van der Waals surface area (Å²) in [5, 5.41) is 5.38. The summed E-state index contributed by atoms with van der Waals surface area (Å²) in [5.74, 6) is -0.211. The lowest BCUT2D eigenvalue weighted by atomic mass is 10.1. The molecule has 2 aromatic heterocycles. The van der Waals surface area contributed by atoms with Crippen molar-refractivity contribution in [3.8, 4) is 11.3 Å². The maximum absolute atomic E-state index is 13.3. The normalized spacial score (nSPS) is 11.5. The van der Waals surface area contributed by atoms with Crippen molar-refractivity contribution in [2.24, 2.45) is 0 Å². The molecule has 9 heteroatoms. The van der Waals surface area contributed by atoms with E-state index in [4.69, 9.17) is 21.4 Å². The molecule has 35 heavy (non-hydrogen) atoms. The number of benzene rings is 1. The number of nitrogens with zero attached hydrogens (tertiary/aromatic N) is 4. The fourth-order valence-corrected chi connectivity index (χ4v) is 4.57. The first-order valence-electron chi connectivity index (χ1n) is 11.7. The molecule has 7 nitrogen and oxygen atoms in total. The number of rotatable bonds is 10. The third-order valence-corrected chi connectivity index (χ3v) is 7.59. The first kappa shape index (κ1) is 26.8. The second-order valence-electron chi connectivity index (χ2n) is 9.76. The van der Waals surface area contributed by atoms with Crippen molar-refractivity contribution in [1.82, 2.24) is 14.8 Å². The van der Waals surface area contributed by atoms with Gasteiger partial charge < -0.3 is 4.74 Å². The molecule has 3 rings (SSSR count). The van der Waals surface area contributed by atoms with E-state index in [1.165, 1.54) is 11.8 Å². The summed E-state index contributed by atoms with van der Waals surface area (Å²) < 4.78 is 7.57. The second-order valence-corrected chi connectivity index (χ2v) is 15.8. The van der Waals surface area contributed by atoms with E-state index in [0.717, 1.165) is 22.7 Å². The molecule has 186 valence electrons. The zero-order chi connectivity index (χ0) is 25.6. The van der Waals surface area contributed by atoms with Crippen LogP contribution >= 0.6 is 11.6 Å². The van der Waals surface area contributed by atoms with E-state index in [1.54, 1.807) is 29.2 Å². The van der Waals surface area contributed by atoms with Gasteiger partial charge in [0, 0.05) is 56.6 Å². The molecule has 0 N–H and O–H groups in total. The molecule has 0 aliphatic carbocycles. The monoisotopic (exact) mass is 512 g/mol. The van der Waals surface area contributed by atoms with E-state index >= 15 is 0 Å². The first-order valence-corrected chi connectivity index (χ1v) is 15.8. The van der Waals surface area contributed by atoms with Crippen LogP contribution in [0.1, 0.15) is 24.5 Å². The number of aryl methyl sites for hydroxylation is 1. The minimum Gasteiger partial charge on any atom is -0.359 e. The number of anilines is 1. The molecular formula is C26H33ClN4O3Si. The van der Waals surface area contributed by atoms with Crippen LogP contribution in [0.3, 0.4) is 0 Å². The molecule has 0 radical (unpaired) electrons. The van der Waals surface area contributed by atoms with Gasteiger partial charge >= 0.3 is 0 Å². The van der Waals surface area contributed by atoms with Gasteiger partial charge in [0.25, 0.3) is 0 Å². The highest BCUT2D eigenvalue weighted by Gasteiger charge is 2.28. The fourth-order valence-electron chi connectivity index (χ4n) is 3.69. The van der Waals surface area contributed by atoms with E-state index in [-0.39, 0.29) is 25.0 Å². The molecule has 0 bridgehead atoms. The molecule has 0 aliphatic rings. The van der Waals surface area contributed by atoms with Crippen LogP contribution in [0.25, 0.3) is 11.3 Å². The Hall–Kier alpha value is -2.81. The van der Waals surface area contributed by atoms with Gasteiger partial charge in [0.15, 0.2) is 0 Å². The van der Waals surface area contributed by atoms with Gasteiger partial charge in [-0.2, -0.15) is 5.10 Å². The number of carbonyl (C=O) groups excluding carboxylic acids is 2. The van der Waals surface area contributed by atoms with Crippen molar-refractivity contribution < 1.29 is 14.3 Å². The molecule has 0 spiro atoms. The van der Waals surface area contributed by atoms with Crippen LogP contribution in [0.2, 0.25) is 30.7 Å². The summed E-state index contributed by atoms with van der Waals surface area (Å²) in [6.07, 6.45) is 4.06. The van der Waals surface area contributed by atoms with E-state index < -0.39 is 8.07 Å². The SMILES string of the molecule is CC(=O)N(C(=O)CCc1ccc(Cl)cc1)c1c(C)c(-c2ccncc2)nn1COCC[Si](C)(C)C. The highest BCUT2D eigenvalue weighted by Crippen LogP contribution is 2.31. The molecule has 2 amide bonds. The van der Waals surface area contributed by atoms with Crippen LogP contribution in [0.5, 0.6) is 0 Å². The average molecular weight is 513 g/mol. The largest absolute Gasteiger partial charge is 0.359 e. The molecule has 0 aliphatic heterocycles. The molecule has 2 heterocycles. The maximum Gasteiger partial charge on any atom is 0.235 e. The topological polar surface area (TPSA) is 77.3 Å². The molecule has 3 aromatic rings. The lowest BCUT2D eigenvalue weighted by Crippen LogP contribution is -2.37. The zero-order valence-corrected chi connectivity index (χ0v) is 22.8. The number of pyridine rings is 1. The predicted octanol–water partition coefficient (Wildman–Crippen LogP) is 5.73. The van der Waals surface area contributed by atoms with Gasteiger partial charge in [0.05, 0.1) is 5.69 Å². The minimum atomic E-state index is -1.26. The van der Waals surface area contributed by atoms with Gasteiger partial charge in [0.1, 0.15) is 12.5 Å². The Morgan fingerprint density at radius 2 is 1.74 bits per heavy atom. The van der Waals surface area contributed by atoms with Crippen molar-refractivity contribution in [1.29, 1.82) is 0 Å². The summed E-state index contributed by atoms with van der Waals surface area (Å²) in [6.45, 7) is 10.9. The Labute approximate surface area is 213 Å².